The highest BCUT2D eigenvalue weighted by Gasteiger charge is 2.31. The zero-order valence-electron chi connectivity index (χ0n) is 21.3. The Labute approximate surface area is 218 Å². The average Bonchev–Trinajstić information content (AvgIpc) is 3.51. The minimum absolute atomic E-state index is 0.381. The zero-order chi connectivity index (χ0) is 24.6. The van der Waals surface area contributed by atoms with Crippen molar-refractivity contribution in [2.24, 2.45) is 0 Å². The summed E-state index contributed by atoms with van der Waals surface area (Å²) in [7, 11) is 0. The van der Waals surface area contributed by atoms with Gasteiger partial charge in [-0.25, -0.2) is 4.79 Å². The number of thioether (sulfide) groups is 1. The SMILES string of the molecule is CSc1ccc2c(c1)N(CCN1CCCC1)CCn1c-2c(C2CCCCC2)c2ccc(C(=O)O)cc21. The van der Waals surface area contributed by atoms with Crippen LogP contribution in [0.2, 0.25) is 0 Å². The van der Waals surface area contributed by atoms with Gasteiger partial charge in [-0.2, -0.15) is 0 Å². The second kappa shape index (κ2) is 10.1. The van der Waals surface area contributed by atoms with Crippen LogP contribution in [0.5, 0.6) is 0 Å². The third-order valence-electron chi connectivity index (χ3n) is 8.64. The van der Waals surface area contributed by atoms with Crippen molar-refractivity contribution in [1.29, 1.82) is 0 Å². The van der Waals surface area contributed by atoms with E-state index in [0.717, 1.165) is 31.7 Å². The van der Waals surface area contributed by atoms with Gasteiger partial charge in [0.1, 0.15) is 0 Å². The summed E-state index contributed by atoms with van der Waals surface area (Å²) in [6.45, 7) is 6.41. The van der Waals surface area contributed by atoms with E-state index in [9.17, 15) is 9.90 Å². The van der Waals surface area contributed by atoms with Crippen molar-refractivity contribution >= 4 is 34.3 Å². The van der Waals surface area contributed by atoms with Gasteiger partial charge in [0.05, 0.1) is 11.3 Å². The van der Waals surface area contributed by atoms with Gasteiger partial charge in [-0.05, 0) is 86.8 Å². The van der Waals surface area contributed by atoms with E-state index in [1.165, 1.54) is 90.8 Å². The molecule has 3 heterocycles. The van der Waals surface area contributed by atoms with Crippen molar-refractivity contribution in [3.05, 3.63) is 47.5 Å². The highest BCUT2D eigenvalue weighted by Crippen LogP contribution is 2.48. The van der Waals surface area contributed by atoms with E-state index >= 15 is 0 Å². The Morgan fingerprint density at radius 3 is 2.50 bits per heavy atom. The van der Waals surface area contributed by atoms with E-state index in [1.54, 1.807) is 6.07 Å². The zero-order valence-corrected chi connectivity index (χ0v) is 22.2. The first-order valence-electron chi connectivity index (χ1n) is 13.7. The summed E-state index contributed by atoms with van der Waals surface area (Å²) >= 11 is 1.81. The standard InChI is InChI=1S/C30H37N3O2S/c1-36-23-10-12-25-26(20-23)32(16-15-31-13-5-6-14-31)17-18-33-27-19-22(30(34)35)9-11-24(27)28(29(25)33)21-7-3-2-4-8-21/h9-12,19-21H,2-8,13-18H2,1H3,(H,34,35). The summed E-state index contributed by atoms with van der Waals surface area (Å²) < 4.78 is 2.46. The smallest absolute Gasteiger partial charge is 0.335 e. The van der Waals surface area contributed by atoms with Crippen LogP contribution in [0.4, 0.5) is 5.69 Å². The topological polar surface area (TPSA) is 48.7 Å². The molecule has 1 N–H and O–H groups in total. The summed E-state index contributed by atoms with van der Waals surface area (Å²) in [6.07, 6.45) is 11.1. The molecule has 0 radical (unpaired) electrons. The predicted octanol–water partition coefficient (Wildman–Crippen LogP) is 6.69. The van der Waals surface area contributed by atoms with Crippen molar-refractivity contribution in [1.82, 2.24) is 9.47 Å². The first-order chi connectivity index (χ1) is 17.6. The second-order valence-corrected chi connectivity index (χ2v) is 11.6. The van der Waals surface area contributed by atoms with Gasteiger partial charge in [-0.1, -0.05) is 25.3 Å². The summed E-state index contributed by atoms with van der Waals surface area (Å²) in [5, 5.41) is 11.0. The molecule has 36 heavy (non-hydrogen) atoms. The first-order valence-corrected chi connectivity index (χ1v) is 14.9. The van der Waals surface area contributed by atoms with Gasteiger partial charge in [0.15, 0.2) is 0 Å². The lowest BCUT2D eigenvalue weighted by molar-refractivity contribution is 0.0697. The number of carboxylic acids is 1. The van der Waals surface area contributed by atoms with Gasteiger partial charge in [-0.3, -0.25) is 0 Å². The Hall–Kier alpha value is -2.44. The largest absolute Gasteiger partial charge is 0.478 e. The van der Waals surface area contributed by atoms with Crippen LogP contribution in [-0.2, 0) is 6.54 Å². The highest BCUT2D eigenvalue weighted by atomic mass is 32.2. The number of nitrogens with zero attached hydrogens (tertiary/aromatic N) is 3. The van der Waals surface area contributed by atoms with Crippen LogP contribution in [0.1, 0.15) is 66.8 Å². The number of aromatic nitrogens is 1. The fourth-order valence-corrected chi connectivity index (χ4v) is 7.21. The lowest BCUT2D eigenvalue weighted by Gasteiger charge is -2.28. The van der Waals surface area contributed by atoms with Gasteiger partial charge < -0.3 is 19.5 Å². The molecule has 5 nitrogen and oxygen atoms in total. The lowest BCUT2D eigenvalue weighted by Crippen LogP contribution is -2.35. The molecular formula is C30H37N3O2S. The normalized spacial score (nSPS) is 18.9. The first kappa shape index (κ1) is 23.9. The Morgan fingerprint density at radius 2 is 1.75 bits per heavy atom. The molecule has 6 heteroatoms. The van der Waals surface area contributed by atoms with Crippen LogP contribution in [0, 0.1) is 0 Å². The lowest BCUT2D eigenvalue weighted by atomic mass is 9.81. The number of hydrogen-bond acceptors (Lipinski definition) is 4. The number of carboxylic acid groups (broad SMARTS) is 1. The van der Waals surface area contributed by atoms with Gasteiger partial charge in [0.25, 0.3) is 0 Å². The summed E-state index contributed by atoms with van der Waals surface area (Å²) in [5.74, 6) is -0.310. The Bertz CT molecular complexity index is 1270. The molecule has 0 unspecified atom stereocenters. The fraction of sp³-hybridized carbons (Fsp3) is 0.500. The molecule has 3 aromatic rings. The third-order valence-corrected chi connectivity index (χ3v) is 9.37. The molecule has 2 aliphatic heterocycles. The van der Waals surface area contributed by atoms with E-state index in [1.807, 2.05) is 17.8 Å². The Morgan fingerprint density at radius 1 is 0.944 bits per heavy atom. The molecule has 1 aliphatic carbocycles. The van der Waals surface area contributed by atoms with Crippen molar-refractivity contribution in [3.8, 4) is 11.3 Å². The molecule has 3 aliphatic rings. The molecule has 1 saturated heterocycles. The molecule has 2 fully saturated rings. The number of benzene rings is 2. The van der Waals surface area contributed by atoms with E-state index in [-0.39, 0.29) is 0 Å². The van der Waals surface area contributed by atoms with Crippen LogP contribution < -0.4 is 4.90 Å². The molecule has 0 atom stereocenters. The van der Waals surface area contributed by atoms with Crippen molar-refractivity contribution in [2.75, 3.05) is 43.9 Å². The van der Waals surface area contributed by atoms with Crippen molar-refractivity contribution < 1.29 is 9.90 Å². The summed E-state index contributed by atoms with van der Waals surface area (Å²) in [4.78, 5) is 18.4. The van der Waals surface area contributed by atoms with Crippen molar-refractivity contribution in [3.63, 3.8) is 0 Å². The molecule has 190 valence electrons. The number of likely N-dealkylation sites (tertiary alicyclic amines) is 1. The number of fused-ring (bicyclic) bond motifs is 5. The number of carbonyl (C=O) groups is 1. The van der Waals surface area contributed by atoms with Crippen molar-refractivity contribution in [2.45, 2.75) is 62.3 Å². The number of aromatic carboxylic acids is 1. The van der Waals surface area contributed by atoms with E-state index in [2.05, 4.69) is 44.9 Å². The number of anilines is 1. The van der Waals surface area contributed by atoms with E-state index in [0.29, 0.717) is 11.5 Å². The van der Waals surface area contributed by atoms with E-state index in [4.69, 9.17) is 0 Å². The van der Waals surface area contributed by atoms with E-state index < -0.39 is 5.97 Å². The molecule has 1 saturated carbocycles. The molecule has 1 aromatic heterocycles. The monoisotopic (exact) mass is 503 g/mol. The molecule has 0 spiro atoms. The molecular weight excluding hydrogens is 466 g/mol. The van der Waals surface area contributed by atoms with Crippen LogP contribution in [0.25, 0.3) is 22.2 Å². The maximum Gasteiger partial charge on any atom is 0.335 e. The minimum atomic E-state index is -0.849. The third kappa shape index (κ3) is 4.32. The Balaban J connectivity index is 1.52. The molecule has 2 aromatic carbocycles. The van der Waals surface area contributed by atoms with Gasteiger partial charge in [0, 0.05) is 53.2 Å². The average molecular weight is 504 g/mol. The fourth-order valence-electron chi connectivity index (χ4n) is 6.78. The second-order valence-electron chi connectivity index (χ2n) is 10.7. The van der Waals surface area contributed by atoms with Gasteiger partial charge in [-0.15, -0.1) is 11.8 Å². The maximum absolute atomic E-state index is 11.9. The number of rotatable bonds is 6. The van der Waals surface area contributed by atoms with Crippen LogP contribution in [-0.4, -0.2) is 59.5 Å². The maximum atomic E-state index is 11.9. The highest BCUT2D eigenvalue weighted by molar-refractivity contribution is 7.98. The summed E-state index contributed by atoms with van der Waals surface area (Å²) in [6, 6.07) is 12.8. The molecule has 0 amide bonds. The van der Waals surface area contributed by atoms with Gasteiger partial charge in [0.2, 0.25) is 0 Å². The number of hydrogen-bond donors (Lipinski definition) is 1. The van der Waals surface area contributed by atoms with Crippen LogP contribution in [0.15, 0.2) is 41.3 Å². The molecule has 6 rings (SSSR count). The van der Waals surface area contributed by atoms with Crippen LogP contribution in [0.3, 0.4) is 0 Å². The minimum Gasteiger partial charge on any atom is -0.478 e. The van der Waals surface area contributed by atoms with Crippen LogP contribution >= 0.6 is 11.8 Å². The predicted molar refractivity (Wildman–Crippen MR) is 150 cm³/mol. The van der Waals surface area contributed by atoms with Gasteiger partial charge >= 0.3 is 5.97 Å². The Kier molecular flexibility index (Phi) is 6.74. The molecule has 0 bridgehead atoms. The quantitative estimate of drug-likeness (QED) is 0.380. The summed E-state index contributed by atoms with van der Waals surface area (Å²) in [5.41, 5.74) is 6.93.